The Bertz CT molecular complexity index is 667. The fourth-order valence-corrected chi connectivity index (χ4v) is 4.74. The maximum absolute atomic E-state index is 14.0. The second-order valence-corrected chi connectivity index (χ2v) is 8.00. The molecule has 1 aliphatic carbocycles. The third-order valence-corrected chi connectivity index (χ3v) is 5.15. The number of thioether (sulfide) groups is 1. The molecule has 1 atom stereocenters. The van der Waals surface area contributed by atoms with Gasteiger partial charge in [-0.2, -0.15) is 22.0 Å². The summed E-state index contributed by atoms with van der Waals surface area (Å²) >= 11 is 5.63. The predicted octanol–water partition coefficient (Wildman–Crippen LogP) is 6.68. The van der Waals surface area contributed by atoms with Crippen LogP contribution in [-0.2, 0) is 4.32 Å². The highest BCUT2D eigenvalue weighted by molar-refractivity contribution is 9.12. The van der Waals surface area contributed by atoms with Crippen molar-refractivity contribution < 1.29 is 26.3 Å². The van der Waals surface area contributed by atoms with Crippen molar-refractivity contribution in [2.45, 2.75) is 15.8 Å². The molecule has 0 N–H and O–H groups in total. The van der Waals surface area contributed by atoms with E-state index in [9.17, 15) is 26.3 Å². The molecule has 1 unspecified atom stereocenters. The van der Waals surface area contributed by atoms with E-state index in [-0.39, 0.29) is 15.0 Å². The highest BCUT2D eigenvalue weighted by Crippen LogP contribution is 2.52. The average molecular weight is 481 g/mol. The fraction of sp³-hybridized carbons (Fsp3) is 0.214. The normalized spacial score (nSPS) is 22.6. The first-order valence-electron chi connectivity index (χ1n) is 5.98. The van der Waals surface area contributed by atoms with Crippen molar-refractivity contribution in [3.8, 4) is 0 Å². The van der Waals surface area contributed by atoms with E-state index in [2.05, 4.69) is 31.9 Å². The van der Waals surface area contributed by atoms with E-state index in [0.29, 0.717) is 0 Å². The molecule has 0 amide bonds. The first kappa shape index (κ1) is 18.9. The van der Waals surface area contributed by atoms with Crippen molar-refractivity contribution >= 4 is 43.6 Å². The maximum atomic E-state index is 14.0. The van der Waals surface area contributed by atoms with Gasteiger partial charge in [-0.25, -0.2) is 4.39 Å². The van der Waals surface area contributed by atoms with Gasteiger partial charge in [0.15, 0.2) is 0 Å². The number of rotatable bonds is 3. The molecular weight excluding hydrogens is 474 g/mol. The standard InChI is InChI=1S/C14H7Br2F6S/c15-8-5-9(23-14(21,22)13(18,19)20)7-12(16,6-8)10-3-1-2-4-11(10)17/h1-7H. The minimum atomic E-state index is -5.69. The van der Waals surface area contributed by atoms with Gasteiger partial charge in [-0.1, -0.05) is 50.1 Å². The van der Waals surface area contributed by atoms with Crippen molar-refractivity contribution in [2.24, 2.45) is 0 Å². The molecule has 1 radical (unpaired) electrons. The molecule has 0 fully saturated rings. The second-order valence-electron chi connectivity index (χ2n) is 4.58. The van der Waals surface area contributed by atoms with Crippen molar-refractivity contribution in [2.75, 3.05) is 0 Å². The van der Waals surface area contributed by atoms with Gasteiger partial charge in [0.05, 0.1) is 4.32 Å². The summed E-state index contributed by atoms with van der Waals surface area (Å²) in [6, 6.07) is 5.56. The Kier molecular flexibility index (Phi) is 5.33. The van der Waals surface area contributed by atoms with E-state index in [1.165, 1.54) is 30.7 Å². The predicted molar refractivity (Wildman–Crippen MR) is 85.0 cm³/mol. The van der Waals surface area contributed by atoms with E-state index in [4.69, 9.17) is 0 Å². The summed E-state index contributed by atoms with van der Waals surface area (Å²) in [5, 5.41) is -4.96. The van der Waals surface area contributed by atoms with Gasteiger partial charge in [0.2, 0.25) is 0 Å². The molecule has 0 nitrogen and oxygen atoms in total. The largest absolute Gasteiger partial charge is 0.464 e. The number of alkyl halides is 6. The van der Waals surface area contributed by atoms with Crippen LogP contribution in [0.3, 0.4) is 0 Å². The van der Waals surface area contributed by atoms with E-state index in [1.54, 1.807) is 0 Å². The van der Waals surface area contributed by atoms with E-state index in [0.717, 1.165) is 12.2 Å². The Morgan fingerprint density at radius 2 is 1.65 bits per heavy atom. The summed E-state index contributed by atoms with van der Waals surface area (Å²) in [6.45, 7) is 0. The number of hydrogen-bond acceptors (Lipinski definition) is 1. The lowest BCUT2D eigenvalue weighted by Gasteiger charge is -2.30. The summed E-state index contributed by atoms with van der Waals surface area (Å²) in [6.07, 6.45) is -2.00. The molecule has 125 valence electrons. The first-order valence-corrected chi connectivity index (χ1v) is 8.38. The van der Waals surface area contributed by atoms with E-state index >= 15 is 0 Å². The molecule has 1 aromatic rings. The number of benzene rings is 1. The molecule has 0 saturated carbocycles. The maximum Gasteiger partial charge on any atom is 0.464 e. The Morgan fingerprint density at radius 1 is 1.04 bits per heavy atom. The minimum Gasteiger partial charge on any atom is -0.207 e. The zero-order valence-electron chi connectivity index (χ0n) is 11.0. The fourth-order valence-electron chi connectivity index (χ4n) is 1.86. The van der Waals surface area contributed by atoms with Crippen LogP contribution in [0.25, 0.3) is 0 Å². The van der Waals surface area contributed by atoms with Crippen LogP contribution < -0.4 is 0 Å². The van der Waals surface area contributed by atoms with Gasteiger partial charge in [-0.3, -0.25) is 0 Å². The lowest BCUT2D eigenvalue weighted by Crippen LogP contribution is -2.33. The van der Waals surface area contributed by atoms with Gasteiger partial charge in [0, 0.05) is 21.4 Å². The third-order valence-electron chi connectivity index (χ3n) is 2.84. The van der Waals surface area contributed by atoms with E-state index in [1.807, 2.05) is 0 Å². The van der Waals surface area contributed by atoms with Gasteiger partial charge >= 0.3 is 11.4 Å². The van der Waals surface area contributed by atoms with Crippen LogP contribution in [0.15, 0.2) is 45.8 Å². The number of halogens is 8. The van der Waals surface area contributed by atoms with Crippen molar-refractivity contribution in [3.63, 3.8) is 0 Å². The first-order chi connectivity index (χ1) is 10.4. The van der Waals surface area contributed by atoms with Crippen LogP contribution >= 0.6 is 43.6 Å². The molecule has 0 aromatic heterocycles. The number of hydrogen-bond donors (Lipinski definition) is 0. The summed E-state index contributed by atoms with van der Waals surface area (Å²) in [7, 11) is 0. The molecule has 0 aliphatic heterocycles. The molecule has 9 heteroatoms. The smallest absolute Gasteiger partial charge is 0.207 e. The summed E-state index contributed by atoms with van der Waals surface area (Å²) < 4.78 is 76.4. The van der Waals surface area contributed by atoms with Gasteiger partial charge in [0.25, 0.3) is 0 Å². The summed E-state index contributed by atoms with van der Waals surface area (Å²) in [5.74, 6) is -0.619. The zero-order valence-corrected chi connectivity index (χ0v) is 15.0. The summed E-state index contributed by atoms with van der Waals surface area (Å²) in [4.78, 5) is -0.346. The highest BCUT2D eigenvalue weighted by atomic mass is 79.9. The Balaban J connectivity index is 2.41. The summed E-state index contributed by atoms with van der Waals surface area (Å²) in [5.41, 5.74) is 0.0958. The van der Waals surface area contributed by atoms with Crippen LogP contribution in [0, 0.1) is 12.2 Å². The molecular formula is C14H7Br2F6S. The topological polar surface area (TPSA) is 0 Å². The monoisotopic (exact) mass is 479 g/mol. The van der Waals surface area contributed by atoms with Crippen LogP contribution in [0.5, 0.6) is 0 Å². The quantitative estimate of drug-likeness (QED) is 0.343. The average Bonchev–Trinajstić information content (AvgIpc) is 2.35. The van der Waals surface area contributed by atoms with Crippen molar-refractivity contribution in [1.82, 2.24) is 0 Å². The van der Waals surface area contributed by atoms with Crippen LogP contribution in [-0.4, -0.2) is 11.4 Å². The van der Waals surface area contributed by atoms with Gasteiger partial charge < -0.3 is 0 Å². The molecule has 1 aromatic carbocycles. The molecule has 0 spiro atoms. The molecule has 0 saturated heterocycles. The van der Waals surface area contributed by atoms with Crippen LogP contribution in [0.2, 0.25) is 0 Å². The lowest BCUT2D eigenvalue weighted by atomic mass is 9.92. The van der Waals surface area contributed by atoms with Crippen molar-refractivity contribution in [1.29, 1.82) is 0 Å². The van der Waals surface area contributed by atoms with Crippen LogP contribution in [0.4, 0.5) is 26.3 Å². The number of allylic oxidation sites excluding steroid dienone is 3. The Hall–Kier alpha value is -0.410. The highest BCUT2D eigenvalue weighted by Gasteiger charge is 2.59. The molecule has 23 heavy (non-hydrogen) atoms. The molecule has 2 rings (SSSR count). The Labute approximate surface area is 149 Å². The molecule has 0 heterocycles. The SMILES string of the molecule is Fc1ccccc1C1(Br)[CH]C(Br)=CC(SC(F)(F)C(F)(F)F)=C1. The minimum absolute atomic E-state index is 0.0958. The van der Waals surface area contributed by atoms with Gasteiger partial charge in [0.1, 0.15) is 5.82 Å². The van der Waals surface area contributed by atoms with Crippen molar-refractivity contribution in [3.05, 3.63) is 63.6 Å². The lowest BCUT2D eigenvalue weighted by molar-refractivity contribution is -0.237. The molecule has 1 aliphatic rings. The Morgan fingerprint density at radius 3 is 2.22 bits per heavy atom. The van der Waals surface area contributed by atoms with Crippen LogP contribution in [0.1, 0.15) is 5.56 Å². The van der Waals surface area contributed by atoms with Gasteiger partial charge in [-0.15, -0.1) is 0 Å². The second kappa shape index (κ2) is 6.48. The third kappa shape index (κ3) is 4.17. The zero-order chi connectivity index (χ0) is 17.5. The van der Waals surface area contributed by atoms with Gasteiger partial charge in [-0.05, 0) is 30.0 Å². The molecule has 0 bridgehead atoms. The van der Waals surface area contributed by atoms with E-state index < -0.39 is 33.3 Å².